The fourth-order valence-corrected chi connectivity index (χ4v) is 4.61. The molecule has 8 heteroatoms. The lowest BCUT2D eigenvalue weighted by Gasteiger charge is -2.21. The Morgan fingerprint density at radius 1 is 1.13 bits per heavy atom. The highest BCUT2D eigenvalue weighted by Gasteiger charge is 2.51. The van der Waals surface area contributed by atoms with Gasteiger partial charge >= 0.3 is 5.97 Å². The number of carbonyl (C=O) groups excluding carboxylic acids is 5. The fraction of sp³-hybridized carbons (Fsp3) is 0.500. The lowest BCUT2D eigenvalue weighted by Crippen LogP contribution is -2.44. The van der Waals surface area contributed by atoms with Crippen molar-refractivity contribution < 1.29 is 28.7 Å². The number of ether oxygens (including phenoxy) is 1. The van der Waals surface area contributed by atoms with E-state index in [1.54, 1.807) is 25.1 Å². The molecule has 3 aliphatic rings. The van der Waals surface area contributed by atoms with E-state index in [4.69, 9.17) is 4.74 Å². The zero-order valence-corrected chi connectivity index (χ0v) is 17.0. The molecule has 1 aromatic rings. The molecule has 2 heterocycles. The van der Waals surface area contributed by atoms with Crippen LogP contribution in [0.3, 0.4) is 0 Å². The van der Waals surface area contributed by atoms with Crippen LogP contribution in [0.25, 0.3) is 0 Å². The second-order valence-corrected chi connectivity index (χ2v) is 8.26. The number of fused-ring (bicyclic) bond motifs is 2. The summed E-state index contributed by atoms with van der Waals surface area (Å²) in [6.07, 6.45) is 3.14. The summed E-state index contributed by atoms with van der Waals surface area (Å²) in [6.45, 7) is 2.70. The number of imide groups is 1. The molecule has 2 fully saturated rings. The van der Waals surface area contributed by atoms with Crippen molar-refractivity contribution in [2.45, 2.75) is 51.5 Å². The second-order valence-electron chi connectivity index (χ2n) is 8.26. The van der Waals surface area contributed by atoms with Crippen LogP contribution in [0.15, 0.2) is 18.2 Å². The number of carbonyl (C=O) groups is 5. The van der Waals surface area contributed by atoms with Gasteiger partial charge in [0, 0.05) is 11.3 Å². The summed E-state index contributed by atoms with van der Waals surface area (Å²) in [5.41, 5.74) is 1.72. The van der Waals surface area contributed by atoms with Crippen molar-refractivity contribution in [3.05, 3.63) is 29.3 Å². The number of Topliss-reactive ketones (excluding diaryl/α,β-unsaturated/α-hetero) is 1. The third-order valence-electron chi connectivity index (χ3n) is 6.44. The van der Waals surface area contributed by atoms with Crippen LogP contribution in [0.5, 0.6) is 0 Å². The summed E-state index contributed by atoms with van der Waals surface area (Å²) >= 11 is 0. The van der Waals surface area contributed by atoms with Crippen LogP contribution < -0.4 is 5.32 Å². The number of likely N-dealkylation sites (tertiary alicyclic amines) is 1. The van der Waals surface area contributed by atoms with Crippen LogP contribution >= 0.6 is 0 Å². The van der Waals surface area contributed by atoms with E-state index in [-0.39, 0.29) is 35.5 Å². The summed E-state index contributed by atoms with van der Waals surface area (Å²) in [5.74, 6) is -3.00. The monoisotopic (exact) mass is 412 g/mol. The lowest BCUT2D eigenvalue weighted by atomic mass is 9.81. The largest absolute Gasteiger partial charge is 0.456 e. The number of hydrogen-bond acceptors (Lipinski definition) is 6. The molecule has 1 saturated heterocycles. The minimum atomic E-state index is -1.06. The Bertz CT molecular complexity index is 931. The van der Waals surface area contributed by atoms with Crippen LogP contribution in [0.1, 0.15) is 61.4 Å². The van der Waals surface area contributed by atoms with Gasteiger partial charge in [0.2, 0.25) is 17.7 Å². The van der Waals surface area contributed by atoms with Crippen molar-refractivity contribution >= 4 is 35.2 Å². The van der Waals surface area contributed by atoms with Crippen molar-refractivity contribution in [3.8, 4) is 0 Å². The van der Waals surface area contributed by atoms with Gasteiger partial charge in [-0.05, 0) is 50.5 Å². The molecular formula is C22H24N2O6. The van der Waals surface area contributed by atoms with Gasteiger partial charge in [-0.1, -0.05) is 12.8 Å². The zero-order chi connectivity index (χ0) is 21.6. The summed E-state index contributed by atoms with van der Waals surface area (Å²) in [6, 6.07) is 3.77. The molecule has 0 bridgehead atoms. The molecule has 2 aliphatic heterocycles. The van der Waals surface area contributed by atoms with Gasteiger partial charge in [0.25, 0.3) is 0 Å². The Hall–Kier alpha value is -3.03. The van der Waals surface area contributed by atoms with Crippen molar-refractivity contribution in [2.75, 3.05) is 11.9 Å². The number of amides is 3. The number of benzene rings is 1. The highest BCUT2D eigenvalue weighted by Crippen LogP contribution is 2.39. The maximum absolute atomic E-state index is 12.6. The Labute approximate surface area is 173 Å². The molecule has 4 atom stereocenters. The maximum atomic E-state index is 12.6. The van der Waals surface area contributed by atoms with E-state index < -0.39 is 24.4 Å². The quantitative estimate of drug-likeness (QED) is 0.450. The first-order chi connectivity index (χ1) is 14.3. The average Bonchev–Trinajstić information content (AvgIpc) is 3.18. The van der Waals surface area contributed by atoms with Gasteiger partial charge in [-0.2, -0.15) is 0 Å². The molecule has 3 amide bonds. The molecule has 0 aromatic heterocycles. The third-order valence-corrected chi connectivity index (χ3v) is 6.44. The van der Waals surface area contributed by atoms with Crippen LogP contribution in [0.4, 0.5) is 5.69 Å². The number of hydrogen-bond donors (Lipinski definition) is 1. The molecule has 158 valence electrons. The SMILES string of the molecule is C[C@@H]1C(=O)Nc2ccc(C(=O)COC(=O)[C@H](C)N3C(=O)[C@H]4CCCC[C@H]4C3=O)cc21. The number of ketones is 1. The number of nitrogens with one attached hydrogen (secondary N) is 1. The smallest absolute Gasteiger partial charge is 0.329 e. The molecule has 0 unspecified atom stereocenters. The van der Waals surface area contributed by atoms with E-state index in [1.807, 2.05) is 0 Å². The molecule has 4 rings (SSSR count). The number of rotatable bonds is 5. The first-order valence-corrected chi connectivity index (χ1v) is 10.3. The van der Waals surface area contributed by atoms with E-state index in [9.17, 15) is 24.0 Å². The molecule has 1 saturated carbocycles. The molecule has 1 aromatic carbocycles. The molecule has 0 spiro atoms. The topological polar surface area (TPSA) is 110 Å². The maximum Gasteiger partial charge on any atom is 0.329 e. The molecule has 30 heavy (non-hydrogen) atoms. The molecule has 0 radical (unpaired) electrons. The van der Waals surface area contributed by atoms with E-state index in [0.29, 0.717) is 24.1 Å². The van der Waals surface area contributed by atoms with Gasteiger partial charge < -0.3 is 10.1 Å². The number of esters is 1. The van der Waals surface area contributed by atoms with E-state index in [2.05, 4.69) is 5.32 Å². The second kappa shape index (κ2) is 7.66. The van der Waals surface area contributed by atoms with Crippen LogP contribution in [0, 0.1) is 11.8 Å². The van der Waals surface area contributed by atoms with E-state index in [1.165, 1.54) is 6.92 Å². The van der Waals surface area contributed by atoms with Crippen LogP contribution in [0.2, 0.25) is 0 Å². The molecule has 8 nitrogen and oxygen atoms in total. The average molecular weight is 412 g/mol. The van der Waals surface area contributed by atoms with Crippen LogP contribution in [-0.2, 0) is 23.9 Å². The van der Waals surface area contributed by atoms with E-state index >= 15 is 0 Å². The van der Waals surface area contributed by atoms with Gasteiger partial charge in [-0.3, -0.25) is 24.1 Å². The van der Waals surface area contributed by atoms with Crippen molar-refractivity contribution in [2.24, 2.45) is 11.8 Å². The standard InChI is InChI=1S/C22H24N2O6/c1-11-16-9-13(7-8-17(16)23-19(11)26)18(25)10-30-22(29)12(2)24-20(27)14-5-3-4-6-15(14)21(24)28/h7-9,11-12,14-15H,3-6,10H2,1-2H3,(H,23,26)/t11-,12-,14-,15+/m0/s1. The van der Waals surface area contributed by atoms with Gasteiger partial charge in [-0.15, -0.1) is 0 Å². The first-order valence-electron chi connectivity index (χ1n) is 10.3. The van der Waals surface area contributed by atoms with Gasteiger partial charge in [-0.25, -0.2) is 4.79 Å². The molecule has 1 N–H and O–H groups in total. The minimum Gasteiger partial charge on any atom is -0.456 e. The fourth-order valence-electron chi connectivity index (χ4n) is 4.61. The summed E-state index contributed by atoms with van der Waals surface area (Å²) in [4.78, 5) is 63.0. The van der Waals surface area contributed by atoms with Gasteiger partial charge in [0.05, 0.1) is 17.8 Å². The summed E-state index contributed by atoms with van der Waals surface area (Å²) in [5, 5.41) is 2.73. The highest BCUT2D eigenvalue weighted by atomic mass is 16.5. The minimum absolute atomic E-state index is 0.129. The summed E-state index contributed by atoms with van der Waals surface area (Å²) < 4.78 is 5.13. The van der Waals surface area contributed by atoms with Crippen molar-refractivity contribution in [3.63, 3.8) is 0 Å². The van der Waals surface area contributed by atoms with Crippen LogP contribution in [-0.4, -0.2) is 47.0 Å². The molecular weight excluding hydrogens is 388 g/mol. The first kappa shape index (κ1) is 20.3. The van der Waals surface area contributed by atoms with Crippen molar-refractivity contribution in [1.82, 2.24) is 4.90 Å². The lowest BCUT2D eigenvalue weighted by molar-refractivity contribution is -0.157. The predicted octanol–water partition coefficient (Wildman–Crippen LogP) is 2.03. The third kappa shape index (κ3) is 3.30. The zero-order valence-electron chi connectivity index (χ0n) is 17.0. The molecule has 1 aliphatic carbocycles. The van der Waals surface area contributed by atoms with Gasteiger partial charge in [0.15, 0.2) is 12.4 Å². The Morgan fingerprint density at radius 3 is 2.40 bits per heavy atom. The Kier molecular flexibility index (Phi) is 5.17. The highest BCUT2D eigenvalue weighted by molar-refractivity contribution is 6.08. The van der Waals surface area contributed by atoms with Gasteiger partial charge in [0.1, 0.15) is 6.04 Å². The Morgan fingerprint density at radius 2 is 1.77 bits per heavy atom. The van der Waals surface area contributed by atoms with Crippen molar-refractivity contribution in [1.29, 1.82) is 0 Å². The summed E-state index contributed by atoms with van der Waals surface area (Å²) in [7, 11) is 0. The van der Waals surface area contributed by atoms with E-state index in [0.717, 1.165) is 23.3 Å². The Balaban J connectivity index is 1.39. The normalized spacial score (nSPS) is 26.1. The predicted molar refractivity (Wildman–Crippen MR) is 106 cm³/mol. The number of anilines is 1. The number of nitrogens with zero attached hydrogens (tertiary/aromatic N) is 1.